The fraction of sp³-hybridized carbons (Fsp3) is 0.800. The predicted octanol–water partition coefficient (Wildman–Crippen LogP) is 0.0688. The largest absolute Gasteiger partial charge is 0.481 e. The SMILES string of the molecule is NCC(=O)NCCOCCNC(=O)COCCOCCNC(=O)CC[C@H](NC(=O)CCCCCCCCCCCC(=O)O)C(=O)O. The van der Waals surface area contributed by atoms with E-state index in [0.29, 0.717) is 32.5 Å². The molecule has 1 atom stereocenters. The number of nitrogens with one attached hydrogen (secondary N) is 4. The number of rotatable bonds is 32. The van der Waals surface area contributed by atoms with Crippen molar-refractivity contribution in [2.75, 3.05) is 65.8 Å². The number of hydrogen-bond acceptors (Lipinski definition) is 10. The van der Waals surface area contributed by atoms with Crippen molar-refractivity contribution in [2.24, 2.45) is 5.73 Å². The molecule has 46 heavy (non-hydrogen) atoms. The molecule has 0 spiro atoms. The first-order valence-electron chi connectivity index (χ1n) is 16.1. The Kier molecular flexibility index (Phi) is 28.1. The molecule has 0 aliphatic carbocycles. The van der Waals surface area contributed by atoms with Crippen molar-refractivity contribution in [3.8, 4) is 0 Å². The van der Waals surface area contributed by atoms with Gasteiger partial charge in [0.2, 0.25) is 23.6 Å². The number of carboxylic acids is 2. The van der Waals surface area contributed by atoms with Crippen molar-refractivity contribution in [1.29, 1.82) is 0 Å². The summed E-state index contributed by atoms with van der Waals surface area (Å²) in [6.45, 7) is 1.81. The molecule has 0 saturated heterocycles. The number of nitrogens with two attached hydrogens (primary N) is 1. The van der Waals surface area contributed by atoms with Crippen LogP contribution < -0.4 is 27.0 Å². The molecule has 8 N–H and O–H groups in total. The molecule has 266 valence electrons. The first kappa shape index (κ1) is 42.7. The summed E-state index contributed by atoms with van der Waals surface area (Å²) in [6, 6.07) is -1.15. The van der Waals surface area contributed by atoms with Crippen molar-refractivity contribution in [3.05, 3.63) is 0 Å². The average molecular weight is 662 g/mol. The topological polar surface area (TPSA) is 245 Å². The van der Waals surface area contributed by atoms with Crippen LogP contribution in [0.15, 0.2) is 0 Å². The Hall–Kier alpha value is -3.34. The molecule has 0 bridgehead atoms. The van der Waals surface area contributed by atoms with Crippen molar-refractivity contribution >= 4 is 35.6 Å². The third kappa shape index (κ3) is 29.4. The maximum absolute atomic E-state index is 12.2. The Morgan fingerprint density at radius 3 is 1.57 bits per heavy atom. The van der Waals surface area contributed by atoms with E-state index in [2.05, 4.69) is 21.3 Å². The summed E-state index contributed by atoms with van der Waals surface area (Å²) in [5, 5.41) is 28.3. The number of carbonyl (C=O) groups excluding carboxylic acids is 4. The van der Waals surface area contributed by atoms with Crippen LogP contribution in [0.3, 0.4) is 0 Å². The van der Waals surface area contributed by atoms with Crippen LogP contribution in [0.25, 0.3) is 0 Å². The zero-order valence-corrected chi connectivity index (χ0v) is 27.0. The first-order chi connectivity index (χ1) is 22.1. The van der Waals surface area contributed by atoms with Crippen molar-refractivity contribution < 1.29 is 53.2 Å². The van der Waals surface area contributed by atoms with E-state index >= 15 is 0 Å². The second-order valence-electron chi connectivity index (χ2n) is 10.6. The molecule has 0 aromatic rings. The van der Waals surface area contributed by atoms with Crippen molar-refractivity contribution in [1.82, 2.24) is 21.3 Å². The van der Waals surface area contributed by atoms with Gasteiger partial charge >= 0.3 is 11.9 Å². The molecular formula is C30H55N5O11. The summed E-state index contributed by atoms with van der Waals surface area (Å²) in [5.74, 6) is -3.24. The highest BCUT2D eigenvalue weighted by molar-refractivity contribution is 5.84. The fourth-order valence-corrected chi connectivity index (χ4v) is 4.08. The molecule has 0 aliphatic rings. The van der Waals surface area contributed by atoms with E-state index in [1.54, 1.807) is 0 Å². The summed E-state index contributed by atoms with van der Waals surface area (Å²) in [5.41, 5.74) is 5.16. The Labute approximate surface area is 271 Å². The smallest absolute Gasteiger partial charge is 0.326 e. The Balaban J connectivity index is 3.71. The zero-order chi connectivity index (χ0) is 34.3. The summed E-state index contributed by atoms with van der Waals surface area (Å²) >= 11 is 0. The van der Waals surface area contributed by atoms with Gasteiger partial charge < -0.3 is 51.4 Å². The van der Waals surface area contributed by atoms with Gasteiger partial charge in [-0.2, -0.15) is 0 Å². The van der Waals surface area contributed by atoms with E-state index in [1.165, 1.54) is 0 Å². The second kappa shape index (κ2) is 30.3. The van der Waals surface area contributed by atoms with Gasteiger partial charge in [0, 0.05) is 38.9 Å². The van der Waals surface area contributed by atoms with Crippen LogP contribution >= 0.6 is 0 Å². The van der Waals surface area contributed by atoms with Gasteiger partial charge in [-0.25, -0.2) is 4.79 Å². The third-order valence-corrected chi connectivity index (χ3v) is 6.58. The van der Waals surface area contributed by atoms with Crippen molar-refractivity contribution in [2.45, 2.75) is 89.5 Å². The van der Waals surface area contributed by atoms with E-state index in [0.717, 1.165) is 44.9 Å². The number of amides is 4. The standard InChI is InChI=1S/C30H55N5O11/c31-22-27(38)33-15-17-44-18-16-34-28(39)23-46-21-20-45-19-14-32-25(36)13-12-24(30(42)43)35-26(37)10-8-6-4-2-1-3-5-7-9-11-29(40)41/h24H,1-23,31H2,(H,32,36)(H,33,38)(H,34,39)(H,35,37)(H,40,41)(H,42,43)/t24-/m0/s1. The van der Waals surface area contributed by atoms with Gasteiger partial charge in [0.15, 0.2) is 0 Å². The molecule has 0 heterocycles. The van der Waals surface area contributed by atoms with Gasteiger partial charge in [0.05, 0.1) is 39.6 Å². The number of unbranched alkanes of at least 4 members (excludes halogenated alkanes) is 8. The van der Waals surface area contributed by atoms with Gasteiger partial charge in [-0.05, 0) is 19.3 Å². The number of carbonyl (C=O) groups is 6. The number of ether oxygens (including phenoxy) is 3. The Morgan fingerprint density at radius 1 is 0.543 bits per heavy atom. The lowest BCUT2D eigenvalue weighted by Gasteiger charge is -2.14. The highest BCUT2D eigenvalue weighted by atomic mass is 16.5. The van der Waals surface area contributed by atoms with E-state index in [9.17, 15) is 33.9 Å². The Morgan fingerprint density at radius 2 is 1.02 bits per heavy atom. The van der Waals surface area contributed by atoms with Crippen LogP contribution in [0, 0.1) is 0 Å². The molecular weight excluding hydrogens is 606 g/mol. The number of aliphatic carboxylic acids is 2. The lowest BCUT2D eigenvalue weighted by Crippen LogP contribution is -2.41. The minimum atomic E-state index is -1.19. The van der Waals surface area contributed by atoms with E-state index in [1.807, 2.05) is 0 Å². The summed E-state index contributed by atoms with van der Waals surface area (Å²) in [4.78, 5) is 68.9. The summed E-state index contributed by atoms with van der Waals surface area (Å²) in [6.07, 6.45) is 8.71. The normalized spacial score (nSPS) is 11.4. The van der Waals surface area contributed by atoms with Crippen LogP contribution in [-0.4, -0.2) is 118 Å². The van der Waals surface area contributed by atoms with Crippen LogP contribution in [0.2, 0.25) is 0 Å². The van der Waals surface area contributed by atoms with E-state index in [4.69, 9.17) is 25.1 Å². The lowest BCUT2D eigenvalue weighted by molar-refractivity contribution is -0.142. The van der Waals surface area contributed by atoms with Gasteiger partial charge in [-0.3, -0.25) is 24.0 Å². The maximum atomic E-state index is 12.2. The predicted molar refractivity (Wildman–Crippen MR) is 168 cm³/mol. The van der Waals surface area contributed by atoms with Crippen molar-refractivity contribution in [3.63, 3.8) is 0 Å². The van der Waals surface area contributed by atoms with Gasteiger partial charge in [0.1, 0.15) is 12.6 Å². The zero-order valence-electron chi connectivity index (χ0n) is 27.0. The minimum Gasteiger partial charge on any atom is -0.481 e. The molecule has 16 heteroatoms. The van der Waals surface area contributed by atoms with Crippen LogP contribution in [0.1, 0.15) is 83.5 Å². The summed E-state index contributed by atoms with van der Waals surface area (Å²) < 4.78 is 15.8. The van der Waals surface area contributed by atoms with Crippen LogP contribution in [0.4, 0.5) is 0 Å². The lowest BCUT2D eigenvalue weighted by atomic mass is 10.1. The minimum absolute atomic E-state index is 0.0325. The first-order valence-corrected chi connectivity index (χ1v) is 16.1. The maximum Gasteiger partial charge on any atom is 0.326 e. The molecule has 0 aromatic heterocycles. The molecule has 0 aliphatic heterocycles. The fourth-order valence-electron chi connectivity index (χ4n) is 4.08. The molecule has 0 fully saturated rings. The average Bonchev–Trinajstić information content (AvgIpc) is 3.02. The van der Waals surface area contributed by atoms with Gasteiger partial charge in [-0.15, -0.1) is 0 Å². The molecule has 0 unspecified atom stereocenters. The number of carboxylic acid groups (broad SMARTS) is 2. The molecule has 0 saturated carbocycles. The van der Waals surface area contributed by atoms with Crippen LogP contribution in [-0.2, 0) is 43.0 Å². The van der Waals surface area contributed by atoms with E-state index in [-0.39, 0.29) is 95.4 Å². The highest BCUT2D eigenvalue weighted by Gasteiger charge is 2.20. The third-order valence-electron chi connectivity index (χ3n) is 6.58. The molecule has 0 rings (SSSR count). The molecule has 0 aromatic carbocycles. The van der Waals surface area contributed by atoms with Crippen LogP contribution in [0.5, 0.6) is 0 Å². The highest BCUT2D eigenvalue weighted by Crippen LogP contribution is 2.11. The van der Waals surface area contributed by atoms with E-state index < -0.39 is 18.0 Å². The second-order valence-corrected chi connectivity index (χ2v) is 10.6. The number of hydrogen-bond donors (Lipinski definition) is 7. The van der Waals surface area contributed by atoms with Gasteiger partial charge in [-0.1, -0.05) is 44.9 Å². The molecule has 0 radical (unpaired) electrons. The monoisotopic (exact) mass is 661 g/mol. The Bertz CT molecular complexity index is 876. The molecule has 4 amide bonds. The molecule has 16 nitrogen and oxygen atoms in total. The van der Waals surface area contributed by atoms with Gasteiger partial charge in [0.25, 0.3) is 0 Å². The summed E-state index contributed by atoms with van der Waals surface area (Å²) in [7, 11) is 0. The quantitative estimate of drug-likeness (QED) is 0.0474.